The molecule has 0 aromatic heterocycles. The predicted molar refractivity (Wildman–Crippen MR) is 41.2 cm³/mol. The average Bonchev–Trinajstić information content (AvgIpc) is 1.82. The summed E-state index contributed by atoms with van der Waals surface area (Å²) in [6, 6.07) is 0.295. The topological polar surface area (TPSA) is 20.3 Å². The van der Waals surface area contributed by atoms with Crippen LogP contribution in [0.5, 0.6) is 0 Å². The van der Waals surface area contributed by atoms with Gasteiger partial charge in [0.15, 0.2) is 6.29 Å². The van der Waals surface area contributed by atoms with Crippen molar-refractivity contribution >= 4 is 6.29 Å². The summed E-state index contributed by atoms with van der Waals surface area (Å²) < 4.78 is 25.3. The quantitative estimate of drug-likeness (QED) is 0.603. The zero-order valence-electron chi connectivity index (χ0n) is 7.26. The molecule has 2 nitrogen and oxygen atoms in total. The van der Waals surface area contributed by atoms with E-state index in [4.69, 9.17) is 0 Å². The van der Waals surface area contributed by atoms with E-state index in [0.29, 0.717) is 19.1 Å². The molecule has 0 radical (unpaired) electrons. The Morgan fingerprint density at radius 1 is 1.50 bits per heavy atom. The van der Waals surface area contributed by atoms with E-state index in [1.54, 1.807) is 0 Å². The fourth-order valence-corrected chi connectivity index (χ4v) is 1.27. The molecule has 0 spiro atoms. The molecule has 1 aliphatic rings. The molecule has 4 heteroatoms. The fraction of sp³-hybridized carbons (Fsp3) is 0.875. The van der Waals surface area contributed by atoms with Crippen molar-refractivity contribution in [1.29, 1.82) is 0 Å². The first-order valence-electron chi connectivity index (χ1n) is 4.05. The third-order valence-corrected chi connectivity index (χ3v) is 2.34. The van der Waals surface area contributed by atoms with E-state index in [-0.39, 0.29) is 6.29 Å². The molecule has 0 N–H and O–H groups in total. The first-order valence-corrected chi connectivity index (χ1v) is 4.05. The van der Waals surface area contributed by atoms with Crippen LogP contribution in [0.15, 0.2) is 0 Å². The molecule has 0 unspecified atom stereocenters. The van der Waals surface area contributed by atoms with E-state index in [9.17, 15) is 13.6 Å². The van der Waals surface area contributed by atoms with Crippen molar-refractivity contribution in [3.8, 4) is 0 Å². The maximum absolute atomic E-state index is 12.6. The Labute approximate surface area is 70.5 Å². The predicted octanol–water partition coefficient (Wildman–Crippen LogP) is 1.16. The van der Waals surface area contributed by atoms with Gasteiger partial charge < -0.3 is 0 Å². The molecule has 1 aliphatic heterocycles. The lowest BCUT2D eigenvalue weighted by Gasteiger charge is -2.43. The van der Waals surface area contributed by atoms with Gasteiger partial charge in [0.25, 0.3) is 0 Å². The summed E-state index contributed by atoms with van der Waals surface area (Å²) in [5, 5.41) is 0. The molecule has 1 heterocycles. The fourth-order valence-electron chi connectivity index (χ4n) is 1.27. The molecular weight excluding hydrogens is 164 g/mol. The summed E-state index contributed by atoms with van der Waals surface area (Å²) in [6.07, 6.45) is -0.241. The number of halogens is 2. The Kier molecular flexibility index (Phi) is 2.46. The normalized spacial score (nSPS) is 21.1. The highest BCUT2D eigenvalue weighted by atomic mass is 19.3. The zero-order valence-corrected chi connectivity index (χ0v) is 7.26. The highest BCUT2D eigenvalue weighted by molar-refractivity contribution is 5.60. The second-order valence-corrected chi connectivity index (χ2v) is 3.54. The van der Waals surface area contributed by atoms with Crippen LogP contribution in [-0.2, 0) is 4.79 Å². The summed E-state index contributed by atoms with van der Waals surface area (Å²) in [7, 11) is 0. The lowest BCUT2D eigenvalue weighted by molar-refractivity contribution is -0.151. The van der Waals surface area contributed by atoms with Crippen LogP contribution in [0.25, 0.3) is 0 Å². The molecular formula is C8H13F2NO. The number of hydrogen-bond donors (Lipinski definition) is 0. The van der Waals surface area contributed by atoms with Crippen LogP contribution in [0.1, 0.15) is 13.8 Å². The highest BCUT2D eigenvalue weighted by Gasteiger charge is 2.46. The van der Waals surface area contributed by atoms with Crippen LogP contribution >= 0.6 is 0 Å². The minimum atomic E-state index is -3.12. The number of carbonyl (C=O) groups excluding carboxylic acids is 1. The largest absolute Gasteiger partial charge is 0.307 e. The monoisotopic (exact) mass is 177 g/mol. The molecule has 1 rings (SSSR count). The van der Waals surface area contributed by atoms with Crippen molar-refractivity contribution in [2.45, 2.75) is 25.8 Å². The molecule has 0 atom stereocenters. The van der Waals surface area contributed by atoms with E-state index in [2.05, 4.69) is 0 Å². The lowest BCUT2D eigenvalue weighted by atomic mass is 9.92. The number of likely N-dealkylation sites (tertiary alicyclic amines) is 1. The van der Waals surface area contributed by atoms with E-state index in [0.717, 1.165) is 0 Å². The van der Waals surface area contributed by atoms with E-state index in [1.165, 1.54) is 0 Å². The maximum Gasteiger partial charge on any atom is 0.307 e. The summed E-state index contributed by atoms with van der Waals surface area (Å²) in [6.45, 7) is 4.58. The van der Waals surface area contributed by atoms with Crippen LogP contribution in [0.3, 0.4) is 0 Å². The molecule has 70 valence electrons. The van der Waals surface area contributed by atoms with Crippen molar-refractivity contribution in [1.82, 2.24) is 4.90 Å². The maximum atomic E-state index is 12.6. The molecule has 0 bridgehead atoms. The summed E-state index contributed by atoms with van der Waals surface area (Å²) in [5.41, 5.74) is 0. The van der Waals surface area contributed by atoms with Gasteiger partial charge in [0, 0.05) is 19.1 Å². The van der Waals surface area contributed by atoms with Gasteiger partial charge in [0.1, 0.15) is 0 Å². The third-order valence-electron chi connectivity index (χ3n) is 2.34. The number of nitrogens with zero attached hydrogens (tertiary/aromatic N) is 1. The summed E-state index contributed by atoms with van der Waals surface area (Å²) in [5.74, 6) is -3.89. The van der Waals surface area contributed by atoms with Gasteiger partial charge in [0.05, 0.1) is 5.92 Å². The lowest BCUT2D eigenvalue weighted by Crippen LogP contribution is -2.57. The molecule has 1 fully saturated rings. The van der Waals surface area contributed by atoms with Crippen LogP contribution in [0.2, 0.25) is 0 Å². The molecule has 0 aromatic rings. The van der Waals surface area contributed by atoms with Crippen molar-refractivity contribution in [3.63, 3.8) is 0 Å². The third kappa shape index (κ3) is 1.63. The number of alkyl halides is 2. The second kappa shape index (κ2) is 3.09. The van der Waals surface area contributed by atoms with E-state index < -0.39 is 11.8 Å². The van der Waals surface area contributed by atoms with Crippen molar-refractivity contribution in [3.05, 3.63) is 0 Å². The minimum absolute atomic E-state index is 0.241. The molecule has 0 aliphatic carbocycles. The van der Waals surface area contributed by atoms with Gasteiger partial charge in [-0.1, -0.05) is 0 Å². The SMILES string of the molecule is CC(C)N1CC(C(F)(F)C=O)C1. The average molecular weight is 177 g/mol. The van der Waals surface area contributed by atoms with Gasteiger partial charge >= 0.3 is 5.92 Å². The van der Waals surface area contributed by atoms with Crippen molar-refractivity contribution in [2.24, 2.45) is 5.92 Å². The number of rotatable bonds is 3. The Bertz CT molecular complexity index is 176. The van der Waals surface area contributed by atoms with Gasteiger partial charge in [-0.25, -0.2) is 0 Å². The Morgan fingerprint density at radius 2 is 2.00 bits per heavy atom. The summed E-state index contributed by atoms with van der Waals surface area (Å²) in [4.78, 5) is 11.9. The Hall–Kier alpha value is -0.510. The van der Waals surface area contributed by atoms with Crippen LogP contribution in [0.4, 0.5) is 8.78 Å². The highest BCUT2D eigenvalue weighted by Crippen LogP contribution is 2.31. The number of aldehydes is 1. The molecule has 0 amide bonds. The molecule has 12 heavy (non-hydrogen) atoms. The van der Waals surface area contributed by atoms with Crippen LogP contribution in [-0.4, -0.2) is 36.2 Å². The molecule has 0 aromatic carbocycles. The Balaban J connectivity index is 2.39. The van der Waals surface area contributed by atoms with E-state index >= 15 is 0 Å². The number of hydrogen-bond acceptors (Lipinski definition) is 2. The van der Waals surface area contributed by atoms with Gasteiger partial charge in [0.2, 0.25) is 0 Å². The standard InChI is InChI=1S/C8H13F2NO/c1-6(2)11-3-7(4-11)8(9,10)5-12/h5-7H,3-4H2,1-2H3. The van der Waals surface area contributed by atoms with E-state index in [1.807, 2.05) is 18.7 Å². The number of carbonyl (C=O) groups is 1. The minimum Gasteiger partial charge on any atom is -0.300 e. The Morgan fingerprint density at radius 3 is 2.33 bits per heavy atom. The second-order valence-electron chi connectivity index (χ2n) is 3.54. The zero-order chi connectivity index (χ0) is 9.35. The van der Waals surface area contributed by atoms with Crippen molar-refractivity contribution < 1.29 is 13.6 Å². The van der Waals surface area contributed by atoms with Gasteiger partial charge in [-0.15, -0.1) is 0 Å². The van der Waals surface area contributed by atoms with Gasteiger partial charge in [-0.05, 0) is 13.8 Å². The molecule has 0 saturated carbocycles. The molecule has 1 saturated heterocycles. The first kappa shape index (κ1) is 9.58. The van der Waals surface area contributed by atoms with Crippen LogP contribution < -0.4 is 0 Å². The van der Waals surface area contributed by atoms with Crippen LogP contribution in [0, 0.1) is 5.92 Å². The summed E-state index contributed by atoms with van der Waals surface area (Å²) >= 11 is 0. The van der Waals surface area contributed by atoms with Gasteiger partial charge in [-0.3, -0.25) is 9.69 Å². The van der Waals surface area contributed by atoms with Gasteiger partial charge in [-0.2, -0.15) is 8.78 Å². The smallest absolute Gasteiger partial charge is 0.300 e. The first-order chi connectivity index (χ1) is 5.47. The van der Waals surface area contributed by atoms with Crippen molar-refractivity contribution in [2.75, 3.05) is 13.1 Å².